The molecule has 0 aliphatic heterocycles. The van der Waals surface area contributed by atoms with Gasteiger partial charge >= 0.3 is 0 Å². The van der Waals surface area contributed by atoms with Gasteiger partial charge in [0.1, 0.15) is 16.6 Å². The summed E-state index contributed by atoms with van der Waals surface area (Å²) in [6, 6.07) is 3.80. The molecule has 0 aliphatic carbocycles. The van der Waals surface area contributed by atoms with Gasteiger partial charge in [-0.15, -0.1) is 11.3 Å². The Morgan fingerprint density at radius 2 is 2.43 bits per heavy atom. The second kappa shape index (κ2) is 9.46. The highest BCUT2D eigenvalue weighted by atomic mass is 32.2. The summed E-state index contributed by atoms with van der Waals surface area (Å²) in [5.74, 6) is 2.75. The summed E-state index contributed by atoms with van der Waals surface area (Å²) in [5.41, 5.74) is 0. The molecule has 0 unspecified atom stereocenters. The number of guanidine groups is 1. The van der Waals surface area contributed by atoms with Gasteiger partial charge in [0.25, 0.3) is 0 Å². The zero-order chi connectivity index (χ0) is 14.8. The van der Waals surface area contributed by atoms with E-state index in [0.29, 0.717) is 6.54 Å². The predicted molar refractivity (Wildman–Crippen MR) is 89.0 cm³/mol. The van der Waals surface area contributed by atoms with Crippen LogP contribution >= 0.6 is 23.1 Å². The molecule has 114 valence electrons. The van der Waals surface area contributed by atoms with Gasteiger partial charge in [0.15, 0.2) is 5.96 Å². The number of nitrogens with one attached hydrogen (secondary N) is 2. The first-order chi connectivity index (χ1) is 10.4. The van der Waals surface area contributed by atoms with Crippen LogP contribution in [0.4, 0.5) is 0 Å². The maximum Gasteiger partial charge on any atom is 0.191 e. The largest absolute Gasteiger partial charge is 0.467 e. The van der Waals surface area contributed by atoms with E-state index in [4.69, 9.17) is 4.42 Å². The van der Waals surface area contributed by atoms with Gasteiger partial charge in [0, 0.05) is 30.4 Å². The van der Waals surface area contributed by atoms with Crippen LogP contribution in [-0.2, 0) is 6.54 Å². The SMILES string of the molecule is CCNC(=NCc1ccco1)NCCCSc1nccs1. The summed E-state index contributed by atoms with van der Waals surface area (Å²) in [6.45, 7) is 4.35. The first kappa shape index (κ1) is 15.9. The topological polar surface area (TPSA) is 62.5 Å². The average Bonchev–Trinajstić information content (AvgIpc) is 3.17. The molecule has 0 atom stereocenters. The summed E-state index contributed by atoms with van der Waals surface area (Å²) in [6.07, 6.45) is 4.58. The standard InChI is InChI=1S/C14H20N4OS2/c1-2-15-13(18-11-12-5-3-8-19-12)16-6-4-9-20-14-17-7-10-21-14/h3,5,7-8,10H,2,4,6,9,11H2,1H3,(H2,15,16,18). The number of nitrogens with zero attached hydrogens (tertiary/aromatic N) is 2. The van der Waals surface area contributed by atoms with Crippen molar-refractivity contribution in [1.82, 2.24) is 15.6 Å². The summed E-state index contributed by atoms with van der Waals surface area (Å²) >= 11 is 3.48. The van der Waals surface area contributed by atoms with E-state index in [0.717, 1.165) is 41.3 Å². The highest BCUT2D eigenvalue weighted by Crippen LogP contribution is 2.20. The Hall–Kier alpha value is -1.47. The lowest BCUT2D eigenvalue weighted by Crippen LogP contribution is -2.37. The van der Waals surface area contributed by atoms with Crippen molar-refractivity contribution in [2.45, 2.75) is 24.2 Å². The molecule has 2 aromatic heterocycles. The molecule has 0 fully saturated rings. The Morgan fingerprint density at radius 3 is 3.14 bits per heavy atom. The molecular formula is C14H20N4OS2. The van der Waals surface area contributed by atoms with Gasteiger partial charge in [-0.05, 0) is 25.5 Å². The Balaban J connectivity index is 1.66. The highest BCUT2D eigenvalue weighted by Gasteiger charge is 2.00. The van der Waals surface area contributed by atoms with Crippen LogP contribution in [0.2, 0.25) is 0 Å². The molecule has 0 radical (unpaired) electrons. The number of rotatable bonds is 8. The van der Waals surface area contributed by atoms with Crippen molar-refractivity contribution in [2.75, 3.05) is 18.8 Å². The van der Waals surface area contributed by atoms with Gasteiger partial charge < -0.3 is 15.1 Å². The minimum atomic E-state index is 0.552. The molecule has 5 nitrogen and oxygen atoms in total. The quantitative estimate of drug-likeness (QED) is 0.338. The third-order valence-corrected chi connectivity index (χ3v) is 4.62. The van der Waals surface area contributed by atoms with E-state index in [1.54, 1.807) is 29.4 Å². The van der Waals surface area contributed by atoms with Crippen LogP contribution < -0.4 is 10.6 Å². The molecule has 0 bridgehead atoms. The zero-order valence-corrected chi connectivity index (χ0v) is 13.7. The fourth-order valence-corrected chi connectivity index (χ4v) is 3.27. The molecule has 0 saturated heterocycles. The Bertz CT molecular complexity index is 511. The molecule has 0 saturated carbocycles. The second-order valence-electron chi connectivity index (χ2n) is 4.20. The van der Waals surface area contributed by atoms with Crippen molar-refractivity contribution in [1.29, 1.82) is 0 Å². The van der Waals surface area contributed by atoms with Crippen LogP contribution in [0.1, 0.15) is 19.1 Å². The van der Waals surface area contributed by atoms with Crippen LogP contribution in [0.3, 0.4) is 0 Å². The molecule has 0 aromatic carbocycles. The van der Waals surface area contributed by atoms with Crippen LogP contribution in [0, 0.1) is 0 Å². The number of aliphatic imine (C=N–C) groups is 1. The number of furan rings is 1. The molecule has 7 heteroatoms. The van der Waals surface area contributed by atoms with E-state index in [2.05, 4.69) is 27.5 Å². The molecule has 2 heterocycles. The van der Waals surface area contributed by atoms with E-state index >= 15 is 0 Å². The Morgan fingerprint density at radius 1 is 1.48 bits per heavy atom. The van der Waals surface area contributed by atoms with E-state index < -0.39 is 0 Å². The number of hydrogen-bond donors (Lipinski definition) is 2. The molecule has 2 N–H and O–H groups in total. The van der Waals surface area contributed by atoms with Crippen LogP contribution in [-0.4, -0.2) is 29.8 Å². The molecule has 21 heavy (non-hydrogen) atoms. The highest BCUT2D eigenvalue weighted by molar-refractivity contribution is 8.00. The fraction of sp³-hybridized carbons (Fsp3) is 0.429. The van der Waals surface area contributed by atoms with Gasteiger partial charge in [-0.3, -0.25) is 0 Å². The fourth-order valence-electron chi connectivity index (χ4n) is 1.62. The number of aromatic nitrogens is 1. The maximum absolute atomic E-state index is 5.27. The van der Waals surface area contributed by atoms with Crippen LogP contribution in [0.15, 0.2) is 43.7 Å². The van der Waals surface area contributed by atoms with Crippen molar-refractivity contribution in [3.8, 4) is 0 Å². The van der Waals surface area contributed by atoms with Crippen molar-refractivity contribution in [2.24, 2.45) is 4.99 Å². The smallest absolute Gasteiger partial charge is 0.191 e. The normalized spacial score (nSPS) is 11.6. The monoisotopic (exact) mass is 324 g/mol. The third kappa shape index (κ3) is 6.22. The van der Waals surface area contributed by atoms with E-state index in [-0.39, 0.29) is 0 Å². The van der Waals surface area contributed by atoms with Crippen molar-refractivity contribution in [3.63, 3.8) is 0 Å². The average molecular weight is 324 g/mol. The molecule has 0 aliphatic rings. The summed E-state index contributed by atoms with van der Waals surface area (Å²) < 4.78 is 6.41. The predicted octanol–water partition coefficient (Wildman–Crippen LogP) is 2.97. The van der Waals surface area contributed by atoms with Crippen molar-refractivity contribution in [3.05, 3.63) is 35.7 Å². The minimum absolute atomic E-state index is 0.552. The molecule has 0 spiro atoms. The summed E-state index contributed by atoms with van der Waals surface area (Å²) in [7, 11) is 0. The lowest BCUT2D eigenvalue weighted by atomic mass is 10.4. The van der Waals surface area contributed by atoms with E-state index in [1.165, 1.54) is 0 Å². The lowest BCUT2D eigenvalue weighted by Gasteiger charge is -2.10. The van der Waals surface area contributed by atoms with Crippen LogP contribution in [0.5, 0.6) is 0 Å². The number of thioether (sulfide) groups is 1. The minimum Gasteiger partial charge on any atom is -0.467 e. The number of hydrogen-bond acceptors (Lipinski definition) is 5. The van der Waals surface area contributed by atoms with Gasteiger partial charge in [-0.2, -0.15) is 0 Å². The van der Waals surface area contributed by atoms with Crippen molar-refractivity contribution < 1.29 is 4.42 Å². The first-order valence-corrected chi connectivity index (χ1v) is 8.82. The molecular weight excluding hydrogens is 304 g/mol. The van der Waals surface area contributed by atoms with E-state index in [9.17, 15) is 0 Å². The van der Waals surface area contributed by atoms with Gasteiger partial charge in [-0.25, -0.2) is 9.98 Å². The Labute approximate surface area is 133 Å². The molecule has 2 rings (SSSR count). The summed E-state index contributed by atoms with van der Waals surface area (Å²) in [4.78, 5) is 8.74. The van der Waals surface area contributed by atoms with Crippen LogP contribution in [0.25, 0.3) is 0 Å². The summed E-state index contributed by atoms with van der Waals surface area (Å²) in [5, 5.41) is 8.56. The second-order valence-corrected chi connectivity index (χ2v) is 6.44. The van der Waals surface area contributed by atoms with Gasteiger partial charge in [0.05, 0.1) is 6.26 Å². The van der Waals surface area contributed by atoms with Gasteiger partial charge in [-0.1, -0.05) is 11.8 Å². The molecule has 0 amide bonds. The third-order valence-electron chi connectivity index (χ3n) is 2.57. The maximum atomic E-state index is 5.27. The number of thiazole rings is 1. The molecule has 2 aromatic rings. The zero-order valence-electron chi connectivity index (χ0n) is 12.0. The Kier molecular flexibility index (Phi) is 7.17. The van der Waals surface area contributed by atoms with Gasteiger partial charge in [0.2, 0.25) is 0 Å². The van der Waals surface area contributed by atoms with E-state index in [1.807, 2.05) is 23.7 Å². The first-order valence-electron chi connectivity index (χ1n) is 6.95. The van der Waals surface area contributed by atoms with Crippen molar-refractivity contribution >= 4 is 29.1 Å². The lowest BCUT2D eigenvalue weighted by molar-refractivity contribution is 0.512.